The molecule has 2 aliphatic carbocycles. The standard InChI is InChI=1S/C19H25N3O2S/c1-10-13-16(20-9-22(5)17(13)24)25-14(10)15(23)21-12-8-11-6-7-19(12,4)18(11,2)3/h9,11-12H,6-8H2,1-5H3,(H,21,23)/t11-,12-,19-/m1/s1. The first-order valence-corrected chi connectivity index (χ1v) is 9.74. The fourth-order valence-corrected chi connectivity index (χ4v) is 6.11. The minimum atomic E-state index is -0.0918. The average molecular weight is 359 g/mol. The molecular formula is C19H25N3O2S. The lowest BCUT2D eigenvalue weighted by molar-refractivity contribution is 0.0829. The summed E-state index contributed by atoms with van der Waals surface area (Å²) >= 11 is 1.32. The zero-order valence-corrected chi connectivity index (χ0v) is 16.3. The van der Waals surface area contributed by atoms with Crippen LogP contribution >= 0.6 is 11.3 Å². The first kappa shape index (κ1) is 16.8. The summed E-state index contributed by atoms with van der Waals surface area (Å²) in [6, 6.07) is 0.203. The summed E-state index contributed by atoms with van der Waals surface area (Å²) in [5.41, 5.74) is 1.06. The number of carbonyl (C=O) groups is 1. The van der Waals surface area contributed by atoms with E-state index >= 15 is 0 Å². The van der Waals surface area contributed by atoms with E-state index in [2.05, 4.69) is 31.1 Å². The number of aryl methyl sites for hydroxylation is 2. The minimum absolute atomic E-state index is 0.0582. The third-order valence-electron chi connectivity index (χ3n) is 7.32. The summed E-state index contributed by atoms with van der Waals surface area (Å²) in [5, 5.41) is 3.86. The first-order chi connectivity index (χ1) is 11.7. The number of hydrogen-bond donors (Lipinski definition) is 1. The Balaban J connectivity index is 1.67. The van der Waals surface area contributed by atoms with E-state index in [1.54, 1.807) is 7.05 Å². The quantitative estimate of drug-likeness (QED) is 0.895. The highest BCUT2D eigenvalue weighted by Gasteiger charge is 2.61. The second kappa shape index (κ2) is 5.16. The Labute approximate surface area is 151 Å². The Kier molecular flexibility index (Phi) is 3.46. The van der Waals surface area contributed by atoms with Crippen molar-refractivity contribution in [3.8, 4) is 0 Å². The van der Waals surface area contributed by atoms with Crippen molar-refractivity contribution in [3.63, 3.8) is 0 Å². The molecule has 0 saturated heterocycles. The summed E-state index contributed by atoms with van der Waals surface area (Å²) in [6.45, 7) is 8.85. The van der Waals surface area contributed by atoms with Gasteiger partial charge >= 0.3 is 0 Å². The molecule has 3 atom stereocenters. The normalized spacial score (nSPS) is 30.1. The van der Waals surface area contributed by atoms with Crippen LogP contribution in [0.3, 0.4) is 0 Å². The molecule has 5 nitrogen and oxygen atoms in total. The van der Waals surface area contributed by atoms with Gasteiger partial charge in [-0.15, -0.1) is 11.3 Å². The molecule has 2 aromatic heterocycles. The number of rotatable bonds is 2. The third kappa shape index (κ3) is 2.09. The van der Waals surface area contributed by atoms with Crippen LogP contribution in [0.5, 0.6) is 0 Å². The lowest BCUT2D eigenvalue weighted by Crippen LogP contribution is -2.46. The van der Waals surface area contributed by atoms with E-state index < -0.39 is 0 Å². The Morgan fingerprint density at radius 1 is 1.40 bits per heavy atom. The molecule has 0 aromatic carbocycles. The van der Waals surface area contributed by atoms with E-state index in [9.17, 15) is 9.59 Å². The molecule has 2 fully saturated rings. The van der Waals surface area contributed by atoms with E-state index in [0.29, 0.717) is 21.0 Å². The summed E-state index contributed by atoms with van der Waals surface area (Å²) < 4.78 is 1.46. The molecule has 4 rings (SSSR count). The van der Waals surface area contributed by atoms with Crippen molar-refractivity contribution in [2.24, 2.45) is 23.8 Å². The summed E-state index contributed by atoms with van der Waals surface area (Å²) in [7, 11) is 1.68. The Hall–Kier alpha value is -1.69. The molecule has 0 spiro atoms. The van der Waals surface area contributed by atoms with E-state index in [-0.39, 0.29) is 28.3 Å². The van der Waals surface area contributed by atoms with Crippen molar-refractivity contribution >= 4 is 27.5 Å². The van der Waals surface area contributed by atoms with Gasteiger partial charge in [-0.3, -0.25) is 9.59 Å². The lowest BCUT2D eigenvalue weighted by atomic mass is 9.69. The van der Waals surface area contributed by atoms with Gasteiger partial charge in [-0.05, 0) is 48.5 Å². The number of nitrogens with zero attached hydrogens (tertiary/aromatic N) is 2. The largest absolute Gasteiger partial charge is 0.348 e. The molecule has 1 N–H and O–H groups in total. The van der Waals surface area contributed by atoms with E-state index in [4.69, 9.17) is 0 Å². The fourth-order valence-electron chi connectivity index (χ4n) is 5.07. The van der Waals surface area contributed by atoms with Crippen LogP contribution in [0.1, 0.15) is 55.3 Å². The van der Waals surface area contributed by atoms with Gasteiger partial charge in [-0.1, -0.05) is 20.8 Å². The molecule has 134 valence electrons. The fraction of sp³-hybridized carbons (Fsp3) is 0.632. The zero-order chi connectivity index (χ0) is 18.1. The average Bonchev–Trinajstić information content (AvgIpc) is 3.06. The molecule has 0 radical (unpaired) electrons. The molecule has 25 heavy (non-hydrogen) atoms. The first-order valence-electron chi connectivity index (χ1n) is 8.92. The monoisotopic (exact) mass is 359 g/mol. The molecular weight excluding hydrogens is 334 g/mol. The van der Waals surface area contributed by atoms with Gasteiger partial charge in [-0.25, -0.2) is 4.98 Å². The van der Waals surface area contributed by atoms with Gasteiger partial charge in [-0.2, -0.15) is 0 Å². The number of hydrogen-bond acceptors (Lipinski definition) is 4. The van der Waals surface area contributed by atoms with E-state index in [0.717, 1.165) is 12.0 Å². The van der Waals surface area contributed by atoms with Crippen LogP contribution in [0.15, 0.2) is 11.1 Å². The van der Waals surface area contributed by atoms with Gasteiger partial charge in [0.1, 0.15) is 4.83 Å². The highest BCUT2D eigenvalue weighted by molar-refractivity contribution is 7.20. The van der Waals surface area contributed by atoms with Gasteiger partial charge in [0.25, 0.3) is 11.5 Å². The number of nitrogens with one attached hydrogen (secondary N) is 1. The van der Waals surface area contributed by atoms with E-state index in [1.165, 1.54) is 35.1 Å². The highest BCUT2D eigenvalue weighted by atomic mass is 32.1. The predicted molar refractivity (Wildman–Crippen MR) is 100 cm³/mol. The van der Waals surface area contributed by atoms with Gasteiger partial charge in [0.05, 0.1) is 16.6 Å². The van der Waals surface area contributed by atoms with Crippen LogP contribution in [-0.4, -0.2) is 21.5 Å². The van der Waals surface area contributed by atoms with Gasteiger partial charge in [0, 0.05) is 13.1 Å². The molecule has 0 aliphatic heterocycles. The molecule has 2 saturated carbocycles. The third-order valence-corrected chi connectivity index (χ3v) is 8.51. The Bertz CT molecular complexity index is 942. The number of carbonyl (C=O) groups excluding carboxylic acids is 1. The number of amides is 1. The minimum Gasteiger partial charge on any atom is -0.348 e. The van der Waals surface area contributed by atoms with Crippen molar-refractivity contribution in [2.75, 3.05) is 0 Å². The SMILES string of the molecule is Cc1c(C(=O)N[C@@H]2C[C@H]3CC[C@@]2(C)C3(C)C)sc2ncn(C)c(=O)c12. The molecule has 1 amide bonds. The molecule has 0 unspecified atom stereocenters. The Morgan fingerprint density at radius 3 is 2.72 bits per heavy atom. The van der Waals surface area contributed by atoms with Crippen LogP contribution in [-0.2, 0) is 7.05 Å². The predicted octanol–water partition coefficient (Wildman–Crippen LogP) is 3.25. The second-order valence-corrected chi connectivity index (χ2v) is 9.53. The van der Waals surface area contributed by atoms with Gasteiger partial charge in [0.15, 0.2) is 0 Å². The molecule has 2 heterocycles. The van der Waals surface area contributed by atoms with Gasteiger partial charge < -0.3 is 9.88 Å². The van der Waals surface area contributed by atoms with Crippen molar-refractivity contribution in [2.45, 2.75) is 53.0 Å². The van der Waals surface area contributed by atoms with Crippen LogP contribution in [0.2, 0.25) is 0 Å². The Morgan fingerprint density at radius 2 is 2.12 bits per heavy atom. The maximum absolute atomic E-state index is 13.0. The number of aromatic nitrogens is 2. The van der Waals surface area contributed by atoms with Crippen LogP contribution in [0.4, 0.5) is 0 Å². The number of fused-ring (bicyclic) bond motifs is 3. The molecule has 2 aromatic rings. The van der Waals surface area contributed by atoms with Crippen molar-refractivity contribution in [3.05, 3.63) is 27.1 Å². The number of thiophene rings is 1. The molecule has 6 heteroatoms. The maximum Gasteiger partial charge on any atom is 0.262 e. The maximum atomic E-state index is 13.0. The van der Waals surface area contributed by atoms with Crippen molar-refractivity contribution in [1.29, 1.82) is 0 Å². The van der Waals surface area contributed by atoms with Crippen molar-refractivity contribution < 1.29 is 4.79 Å². The lowest BCUT2D eigenvalue weighted by Gasteiger charge is -2.39. The highest BCUT2D eigenvalue weighted by Crippen LogP contribution is 2.65. The summed E-state index contributed by atoms with van der Waals surface area (Å²) in [6.07, 6.45) is 5.00. The summed E-state index contributed by atoms with van der Waals surface area (Å²) in [5.74, 6) is 0.623. The smallest absolute Gasteiger partial charge is 0.262 e. The molecule has 2 bridgehead atoms. The van der Waals surface area contributed by atoms with Crippen LogP contribution < -0.4 is 10.9 Å². The zero-order valence-electron chi connectivity index (χ0n) is 15.5. The van der Waals surface area contributed by atoms with Crippen LogP contribution in [0, 0.1) is 23.7 Å². The topological polar surface area (TPSA) is 64.0 Å². The molecule has 2 aliphatic rings. The van der Waals surface area contributed by atoms with Crippen molar-refractivity contribution in [1.82, 2.24) is 14.9 Å². The van der Waals surface area contributed by atoms with Gasteiger partial charge in [0.2, 0.25) is 0 Å². The summed E-state index contributed by atoms with van der Waals surface area (Å²) in [4.78, 5) is 30.9. The second-order valence-electron chi connectivity index (χ2n) is 8.53. The van der Waals surface area contributed by atoms with E-state index in [1.807, 2.05) is 6.92 Å². The van der Waals surface area contributed by atoms with Crippen LogP contribution in [0.25, 0.3) is 10.2 Å².